The Morgan fingerprint density at radius 3 is 2.62 bits per heavy atom. The van der Waals surface area contributed by atoms with Gasteiger partial charge in [0, 0.05) is 30.4 Å². The maximum Gasteiger partial charge on any atom is 0.416 e. The van der Waals surface area contributed by atoms with E-state index in [4.69, 9.17) is 23.2 Å². The Bertz CT molecular complexity index is 1480. The van der Waals surface area contributed by atoms with E-state index in [9.17, 15) is 22.8 Å². The van der Waals surface area contributed by atoms with Gasteiger partial charge in [0.05, 0.1) is 38.8 Å². The van der Waals surface area contributed by atoms with Gasteiger partial charge in [-0.15, -0.1) is 0 Å². The van der Waals surface area contributed by atoms with Crippen LogP contribution in [0.4, 0.5) is 18.9 Å². The number of nitrogens with one attached hydrogen (secondary N) is 1. The summed E-state index contributed by atoms with van der Waals surface area (Å²) in [5.74, 6) is -0.579. The second kappa shape index (κ2) is 9.12. The number of benzene rings is 2. The number of hydrogen-bond donors (Lipinski definition) is 1. The molecule has 0 unspecified atom stereocenters. The predicted octanol–water partition coefficient (Wildman–Crippen LogP) is 6.11. The van der Waals surface area contributed by atoms with Crippen molar-refractivity contribution < 1.29 is 18.0 Å². The van der Waals surface area contributed by atoms with Gasteiger partial charge in [-0.05, 0) is 35.9 Å². The highest BCUT2D eigenvalue weighted by Crippen LogP contribution is 2.39. The normalized spacial score (nSPS) is 11.6. The highest BCUT2D eigenvalue weighted by molar-refractivity contribution is 6.41. The fourth-order valence-electron chi connectivity index (χ4n) is 3.64. The number of anilines is 1. The molecule has 0 saturated carbocycles. The molecular weight excluding hydrogens is 490 g/mol. The molecule has 0 saturated heterocycles. The van der Waals surface area contributed by atoms with Crippen molar-refractivity contribution in [3.05, 3.63) is 92.5 Å². The molecule has 0 bridgehead atoms. The number of fused-ring (bicyclic) bond motifs is 1. The van der Waals surface area contributed by atoms with Crippen LogP contribution in [-0.2, 0) is 24.4 Å². The van der Waals surface area contributed by atoms with Crippen molar-refractivity contribution >= 4 is 45.7 Å². The standard InChI is InChI=1S/C24H16Cl2F3N3O2/c1-32-19-7-8-30-12-14(19)11-16(23(32)34)21-17(25)5-6-18(22(21)26)31-20(33)10-13-3-2-4-15(9-13)24(27,28)29/h2-9,11-12H,10H2,1H3,(H,31,33). The van der Waals surface area contributed by atoms with Crippen molar-refractivity contribution in [3.8, 4) is 11.1 Å². The van der Waals surface area contributed by atoms with Crippen molar-refractivity contribution in [1.29, 1.82) is 0 Å². The molecule has 5 nitrogen and oxygen atoms in total. The number of alkyl halides is 3. The molecule has 2 heterocycles. The van der Waals surface area contributed by atoms with E-state index in [-0.39, 0.29) is 44.4 Å². The lowest BCUT2D eigenvalue weighted by molar-refractivity contribution is -0.137. The van der Waals surface area contributed by atoms with Gasteiger partial charge in [-0.3, -0.25) is 14.6 Å². The minimum absolute atomic E-state index is 0.0326. The maximum absolute atomic E-state index is 13.0. The summed E-state index contributed by atoms with van der Waals surface area (Å²) in [5, 5.41) is 3.51. The molecule has 0 atom stereocenters. The smallest absolute Gasteiger partial charge is 0.324 e. The second-order valence-corrected chi connectivity index (χ2v) is 8.35. The lowest BCUT2D eigenvalue weighted by Crippen LogP contribution is -2.19. The first-order valence-corrected chi connectivity index (χ1v) is 10.7. The van der Waals surface area contributed by atoms with Crippen LogP contribution in [0.5, 0.6) is 0 Å². The van der Waals surface area contributed by atoms with Crippen molar-refractivity contribution in [2.75, 3.05) is 5.32 Å². The quantitative estimate of drug-likeness (QED) is 0.364. The van der Waals surface area contributed by atoms with Gasteiger partial charge >= 0.3 is 6.18 Å². The van der Waals surface area contributed by atoms with Crippen LogP contribution >= 0.6 is 23.2 Å². The Morgan fingerprint density at radius 1 is 1.12 bits per heavy atom. The van der Waals surface area contributed by atoms with Crippen molar-refractivity contribution in [2.45, 2.75) is 12.6 Å². The number of aryl methyl sites for hydroxylation is 1. The largest absolute Gasteiger partial charge is 0.416 e. The third kappa shape index (κ3) is 4.64. The van der Waals surface area contributed by atoms with Gasteiger partial charge in [0.1, 0.15) is 0 Å². The zero-order valence-electron chi connectivity index (χ0n) is 17.6. The van der Waals surface area contributed by atoms with E-state index in [1.807, 2.05) is 0 Å². The molecule has 10 heteroatoms. The number of amides is 1. The number of carbonyl (C=O) groups is 1. The summed E-state index contributed by atoms with van der Waals surface area (Å²) in [4.78, 5) is 29.7. The molecule has 1 amide bonds. The second-order valence-electron chi connectivity index (χ2n) is 7.56. The summed E-state index contributed by atoms with van der Waals surface area (Å²) in [6, 6.07) is 10.8. The molecule has 174 valence electrons. The SMILES string of the molecule is Cn1c(=O)c(-c2c(Cl)ccc(NC(=O)Cc3cccc(C(F)(F)F)c3)c2Cl)cc2cnccc21. The number of halogens is 5. The first-order valence-electron chi connectivity index (χ1n) is 9.94. The van der Waals surface area contributed by atoms with Gasteiger partial charge in [-0.2, -0.15) is 13.2 Å². The van der Waals surface area contributed by atoms with E-state index >= 15 is 0 Å². The topological polar surface area (TPSA) is 64.0 Å². The Labute approximate surface area is 201 Å². The molecular formula is C24H16Cl2F3N3O2. The molecule has 2 aromatic carbocycles. The van der Waals surface area contributed by atoms with Crippen LogP contribution in [0.3, 0.4) is 0 Å². The van der Waals surface area contributed by atoms with E-state index < -0.39 is 17.6 Å². The molecule has 4 rings (SSSR count). The van der Waals surface area contributed by atoms with Crippen LogP contribution in [0.1, 0.15) is 11.1 Å². The summed E-state index contributed by atoms with van der Waals surface area (Å²) in [7, 11) is 1.61. The Morgan fingerprint density at radius 2 is 1.88 bits per heavy atom. The third-order valence-corrected chi connectivity index (χ3v) is 5.99. The molecule has 2 aromatic heterocycles. The van der Waals surface area contributed by atoms with Gasteiger partial charge in [0.25, 0.3) is 5.56 Å². The predicted molar refractivity (Wildman–Crippen MR) is 126 cm³/mol. The Hall–Kier alpha value is -3.36. The van der Waals surface area contributed by atoms with Crippen LogP contribution < -0.4 is 10.9 Å². The molecule has 0 aliphatic heterocycles. The number of aromatic nitrogens is 2. The minimum Gasteiger partial charge on any atom is -0.324 e. The molecule has 0 radical (unpaired) electrons. The molecule has 0 spiro atoms. The van der Waals surface area contributed by atoms with Crippen LogP contribution in [0.25, 0.3) is 22.0 Å². The summed E-state index contributed by atoms with van der Waals surface area (Å²) in [6.07, 6.45) is -1.65. The van der Waals surface area contributed by atoms with Gasteiger partial charge in [-0.1, -0.05) is 41.4 Å². The number of nitrogens with zero attached hydrogens (tertiary/aromatic N) is 2. The average molecular weight is 506 g/mol. The van der Waals surface area contributed by atoms with E-state index in [1.165, 1.54) is 28.8 Å². The molecule has 1 N–H and O–H groups in total. The van der Waals surface area contributed by atoms with Gasteiger partial charge in [0.15, 0.2) is 0 Å². The van der Waals surface area contributed by atoms with E-state index in [1.54, 1.807) is 31.6 Å². The van der Waals surface area contributed by atoms with Gasteiger partial charge < -0.3 is 9.88 Å². The third-order valence-electron chi connectivity index (χ3n) is 5.28. The Balaban J connectivity index is 1.68. The van der Waals surface area contributed by atoms with Crippen LogP contribution in [-0.4, -0.2) is 15.5 Å². The van der Waals surface area contributed by atoms with Crippen molar-refractivity contribution in [3.63, 3.8) is 0 Å². The zero-order chi connectivity index (χ0) is 24.6. The zero-order valence-corrected chi connectivity index (χ0v) is 19.1. The first-order chi connectivity index (χ1) is 16.1. The lowest BCUT2D eigenvalue weighted by atomic mass is 10.0. The Kier molecular flexibility index (Phi) is 6.38. The lowest BCUT2D eigenvalue weighted by Gasteiger charge is -2.15. The minimum atomic E-state index is -4.51. The van der Waals surface area contributed by atoms with Gasteiger partial charge in [0.2, 0.25) is 5.91 Å². The number of pyridine rings is 2. The molecule has 0 fully saturated rings. The van der Waals surface area contributed by atoms with Crippen LogP contribution in [0.15, 0.2) is 65.7 Å². The van der Waals surface area contributed by atoms with Crippen LogP contribution in [0, 0.1) is 0 Å². The summed E-state index contributed by atoms with van der Waals surface area (Å²) in [5.41, 5.74) is 0.279. The fourth-order valence-corrected chi connectivity index (χ4v) is 4.26. The van der Waals surface area contributed by atoms with E-state index in [2.05, 4.69) is 10.3 Å². The molecule has 4 aromatic rings. The number of rotatable bonds is 4. The van der Waals surface area contributed by atoms with E-state index in [0.717, 1.165) is 12.1 Å². The number of hydrogen-bond acceptors (Lipinski definition) is 3. The molecule has 0 aliphatic rings. The fraction of sp³-hybridized carbons (Fsp3) is 0.125. The maximum atomic E-state index is 13.0. The first kappa shape index (κ1) is 23.8. The number of carbonyl (C=O) groups excluding carboxylic acids is 1. The van der Waals surface area contributed by atoms with Crippen LogP contribution in [0.2, 0.25) is 10.0 Å². The summed E-state index contributed by atoms with van der Waals surface area (Å²) in [6.45, 7) is 0. The van der Waals surface area contributed by atoms with Crippen molar-refractivity contribution in [1.82, 2.24) is 9.55 Å². The van der Waals surface area contributed by atoms with Gasteiger partial charge in [-0.25, -0.2) is 0 Å². The highest BCUT2D eigenvalue weighted by atomic mass is 35.5. The summed E-state index contributed by atoms with van der Waals surface area (Å²) < 4.78 is 40.3. The monoisotopic (exact) mass is 505 g/mol. The molecule has 0 aliphatic carbocycles. The molecule has 34 heavy (non-hydrogen) atoms. The average Bonchev–Trinajstić information content (AvgIpc) is 2.78. The summed E-state index contributed by atoms with van der Waals surface area (Å²) >= 11 is 12.9. The van der Waals surface area contributed by atoms with E-state index in [0.29, 0.717) is 10.9 Å². The highest BCUT2D eigenvalue weighted by Gasteiger charge is 2.30. The van der Waals surface area contributed by atoms with Crippen molar-refractivity contribution in [2.24, 2.45) is 7.05 Å².